The van der Waals surface area contributed by atoms with Gasteiger partial charge >= 0.3 is 0 Å². The predicted molar refractivity (Wildman–Crippen MR) is 119 cm³/mol. The number of carbonyl (C=O) groups is 2. The minimum absolute atomic E-state index is 0.148. The third-order valence-electron chi connectivity index (χ3n) is 6.57. The van der Waals surface area contributed by atoms with Crippen LogP contribution >= 0.6 is 0 Å². The van der Waals surface area contributed by atoms with Gasteiger partial charge in [-0.2, -0.15) is 0 Å². The summed E-state index contributed by atoms with van der Waals surface area (Å²) in [4.78, 5) is 26.2. The number of ketones is 2. The van der Waals surface area contributed by atoms with Crippen LogP contribution in [0.25, 0.3) is 0 Å². The normalized spacial score (nSPS) is 31.2. The van der Waals surface area contributed by atoms with Crippen molar-refractivity contribution in [3.63, 3.8) is 0 Å². The molecule has 0 saturated heterocycles. The Morgan fingerprint density at radius 2 is 1.47 bits per heavy atom. The summed E-state index contributed by atoms with van der Waals surface area (Å²) >= 11 is 0. The summed E-state index contributed by atoms with van der Waals surface area (Å²) in [6.07, 6.45) is 12.2. The Bertz CT molecular complexity index is 905. The molecule has 0 aromatic heterocycles. The van der Waals surface area contributed by atoms with Gasteiger partial charge in [-0.25, -0.2) is 0 Å². The highest BCUT2D eigenvalue weighted by atomic mass is 16.5. The molecule has 162 valence electrons. The first-order chi connectivity index (χ1) is 14.1. The lowest BCUT2D eigenvalue weighted by Gasteiger charge is -2.27. The Balaban J connectivity index is 1.98. The summed E-state index contributed by atoms with van der Waals surface area (Å²) in [6.45, 7) is 10.2. The molecule has 1 aliphatic heterocycles. The molecule has 0 amide bonds. The first kappa shape index (κ1) is 22.3. The number of allylic oxidation sites excluding steroid dienone is 8. The van der Waals surface area contributed by atoms with E-state index in [2.05, 4.69) is 26.0 Å². The minimum Gasteiger partial charge on any atom is -0.504 e. The number of hydrogen-bond donors (Lipinski definition) is 1. The van der Waals surface area contributed by atoms with Crippen molar-refractivity contribution in [1.82, 2.24) is 0 Å². The van der Waals surface area contributed by atoms with E-state index >= 15 is 0 Å². The summed E-state index contributed by atoms with van der Waals surface area (Å²) in [7, 11) is 0. The Labute approximate surface area is 180 Å². The van der Waals surface area contributed by atoms with Crippen LogP contribution in [0.2, 0.25) is 0 Å². The third-order valence-corrected chi connectivity index (χ3v) is 6.57. The largest absolute Gasteiger partial charge is 0.504 e. The number of carbonyl (C=O) groups excluding carboxylic acids is 2. The lowest BCUT2D eigenvalue weighted by atomic mass is 9.77. The third kappa shape index (κ3) is 4.53. The lowest BCUT2D eigenvalue weighted by molar-refractivity contribution is -0.120. The molecule has 4 bridgehead atoms. The van der Waals surface area contributed by atoms with Gasteiger partial charge in [0.1, 0.15) is 5.60 Å². The number of aliphatic hydroxyl groups excluding tert-OH is 1. The van der Waals surface area contributed by atoms with E-state index in [1.165, 1.54) is 11.1 Å². The Morgan fingerprint density at radius 3 is 2.10 bits per heavy atom. The topological polar surface area (TPSA) is 63.6 Å². The predicted octanol–water partition coefficient (Wildman–Crippen LogP) is 6.21. The number of rotatable bonds is 0. The molecular weight excluding hydrogens is 376 g/mol. The van der Waals surface area contributed by atoms with Crippen molar-refractivity contribution in [3.8, 4) is 0 Å². The van der Waals surface area contributed by atoms with E-state index in [9.17, 15) is 14.7 Å². The van der Waals surface area contributed by atoms with E-state index in [0.717, 1.165) is 37.7 Å². The van der Waals surface area contributed by atoms with E-state index in [4.69, 9.17) is 4.74 Å². The van der Waals surface area contributed by atoms with Crippen LogP contribution in [0.5, 0.6) is 0 Å². The fourth-order valence-corrected chi connectivity index (χ4v) is 4.56. The van der Waals surface area contributed by atoms with Gasteiger partial charge in [0.2, 0.25) is 11.6 Å². The number of hydrogen-bond acceptors (Lipinski definition) is 4. The summed E-state index contributed by atoms with van der Waals surface area (Å²) in [5.41, 5.74) is 3.68. The molecule has 1 N–H and O–H groups in total. The average Bonchev–Trinajstić information content (AvgIpc) is 2.94. The molecule has 0 aromatic rings. The molecule has 1 atom stereocenters. The fourth-order valence-electron chi connectivity index (χ4n) is 4.56. The number of fused-ring (bicyclic) bond motifs is 10. The Kier molecular flexibility index (Phi) is 6.54. The first-order valence-corrected chi connectivity index (χ1v) is 11.0. The molecule has 1 heterocycles. The quantitative estimate of drug-likeness (QED) is 0.381. The van der Waals surface area contributed by atoms with Crippen LogP contribution in [-0.2, 0) is 14.3 Å². The van der Waals surface area contributed by atoms with Gasteiger partial charge in [-0.05, 0) is 79.6 Å². The molecular formula is C26H34O4. The van der Waals surface area contributed by atoms with Gasteiger partial charge in [0.25, 0.3) is 0 Å². The van der Waals surface area contributed by atoms with Gasteiger partial charge in [-0.3, -0.25) is 9.59 Å². The molecule has 0 spiro atoms. The molecule has 0 radical (unpaired) electrons. The monoisotopic (exact) mass is 410 g/mol. The van der Waals surface area contributed by atoms with Crippen molar-refractivity contribution in [3.05, 3.63) is 57.6 Å². The number of Topliss-reactive ketones (excluding diaryl/α,β-unsaturated/α-hetero) is 2. The smallest absolute Gasteiger partial charge is 0.228 e. The van der Waals surface area contributed by atoms with Crippen LogP contribution in [0.4, 0.5) is 0 Å². The first-order valence-electron chi connectivity index (χ1n) is 11.0. The van der Waals surface area contributed by atoms with Crippen molar-refractivity contribution in [2.24, 2.45) is 5.92 Å². The van der Waals surface area contributed by atoms with E-state index < -0.39 is 17.1 Å². The summed E-state index contributed by atoms with van der Waals surface area (Å²) in [5, 5.41) is 10.6. The SMILES string of the molecule is C/C1=C\CC/C(C)=C/CC2=C(O)C(=O)C3=C(OC(C)(C)[C@H]3CC/C(C)=C/CC1)C2=O. The van der Waals surface area contributed by atoms with Crippen molar-refractivity contribution >= 4 is 11.6 Å². The molecule has 4 nitrogen and oxygen atoms in total. The maximum absolute atomic E-state index is 13.1. The van der Waals surface area contributed by atoms with Crippen LogP contribution < -0.4 is 0 Å². The lowest BCUT2D eigenvalue weighted by Crippen LogP contribution is -2.31. The van der Waals surface area contributed by atoms with E-state index in [0.29, 0.717) is 12.0 Å². The summed E-state index contributed by atoms with van der Waals surface area (Å²) in [6, 6.07) is 0. The average molecular weight is 411 g/mol. The van der Waals surface area contributed by atoms with Crippen LogP contribution in [0.3, 0.4) is 0 Å². The van der Waals surface area contributed by atoms with Crippen LogP contribution in [0.15, 0.2) is 57.6 Å². The van der Waals surface area contributed by atoms with Crippen molar-refractivity contribution in [1.29, 1.82) is 0 Å². The van der Waals surface area contributed by atoms with Gasteiger partial charge in [-0.1, -0.05) is 34.9 Å². The molecule has 0 fully saturated rings. The van der Waals surface area contributed by atoms with E-state index in [1.54, 1.807) is 0 Å². The highest BCUT2D eigenvalue weighted by molar-refractivity contribution is 6.24. The molecule has 4 heteroatoms. The second-order valence-electron chi connectivity index (χ2n) is 9.46. The molecule has 3 aliphatic carbocycles. The zero-order valence-corrected chi connectivity index (χ0v) is 18.9. The Hall–Kier alpha value is -2.36. The molecule has 0 saturated carbocycles. The number of aliphatic hydroxyl groups is 1. The van der Waals surface area contributed by atoms with Crippen LogP contribution in [-0.4, -0.2) is 22.3 Å². The van der Waals surface area contributed by atoms with Crippen molar-refractivity contribution in [2.45, 2.75) is 85.2 Å². The molecule has 4 rings (SSSR count). The van der Waals surface area contributed by atoms with Gasteiger partial charge in [-0.15, -0.1) is 0 Å². The standard InChI is InChI=1S/C26H34O4/c1-16-8-6-10-17(2)12-14-19-22(27)24(29)21-20(15-13-18(3)11-7-9-16)26(4,5)30-25(21)23(19)28/h8,11-12,20,27H,6-7,9-10,13-15H2,1-5H3/b16-8+,17-12+,18-11+/t20-/m0/s1. The second-order valence-corrected chi connectivity index (χ2v) is 9.46. The van der Waals surface area contributed by atoms with E-state index in [1.807, 2.05) is 26.8 Å². The van der Waals surface area contributed by atoms with Gasteiger partial charge in [0, 0.05) is 5.92 Å². The van der Waals surface area contributed by atoms with Gasteiger partial charge in [0.05, 0.1) is 11.1 Å². The molecule has 30 heavy (non-hydrogen) atoms. The summed E-state index contributed by atoms with van der Waals surface area (Å²) in [5.74, 6) is -1.25. The number of ether oxygens (including phenoxy) is 1. The zero-order valence-electron chi connectivity index (χ0n) is 18.9. The molecule has 0 aromatic carbocycles. The highest BCUT2D eigenvalue weighted by Gasteiger charge is 2.51. The molecule has 4 aliphatic rings. The van der Waals surface area contributed by atoms with Crippen molar-refractivity contribution in [2.75, 3.05) is 0 Å². The van der Waals surface area contributed by atoms with Gasteiger partial charge in [0.15, 0.2) is 11.5 Å². The molecule has 0 unspecified atom stereocenters. The van der Waals surface area contributed by atoms with Crippen LogP contribution in [0.1, 0.15) is 79.6 Å². The maximum atomic E-state index is 13.1. The zero-order chi connectivity index (χ0) is 22.1. The Morgan fingerprint density at radius 1 is 0.900 bits per heavy atom. The van der Waals surface area contributed by atoms with Gasteiger partial charge < -0.3 is 9.84 Å². The van der Waals surface area contributed by atoms with Crippen molar-refractivity contribution < 1.29 is 19.4 Å². The van der Waals surface area contributed by atoms with E-state index in [-0.39, 0.29) is 29.5 Å². The highest BCUT2D eigenvalue weighted by Crippen LogP contribution is 2.46. The minimum atomic E-state index is -0.653. The second kappa shape index (κ2) is 8.79. The van der Waals surface area contributed by atoms with Crippen LogP contribution in [0, 0.1) is 5.92 Å². The maximum Gasteiger partial charge on any atom is 0.228 e. The fraction of sp³-hybridized carbons (Fsp3) is 0.538. The summed E-state index contributed by atoms with van der Waals surface area (Å²) < 4.78 is 6.03.